The molecular formula is C12H15N5O2S. The lowest BCUT2D eigenvalue weighted by molar-refractivity contribution is -0.114. The Morgan fingerprint density at radius 1 is 1.40 bits per heavy atom. The summed E-state index contributed by atoms with van der Waals surface area (Å²) >= 11 is 1.27. The molecule has 0 fully saturated rings. The summed E-state index contributed by atoms with van der Waals surface area (Å²) in [6.07, 6.45) is 2.11. The van der Waals surface area contributed by atoms with Crippen LogP contribution in [0.5, 0.6) is 0 Å². The van der Waals surface area contributed by atoms with Crippen LogP contribution in [0, 0.1) is 0 Å². The molecule has 7 nitrogen and oxygen atoms in total. The minimum atomic E-state index is -0.153. The van der Waals surface area contributed by atoms with Gasteiger partial charge in [0.15, 0.2) is 10.9 Å². The van der Waals surface area contributed by atoms with E-state index in [1.54, 1.807) is 6.92 Å². The van der Waals surface area contributed by atoms with E-state index in [2.05, 4.69) is 25.5 Å². The summed E-state index contributed by atoms with van der Waals surface area (Å²) < 4.78 is 0. The van der Waals surface area contributed by atoms with Gasteiger partial charge in [-0.15, -0.1) is 0 Å². The van der Waals surface area contributed by atoms with Crippen LogP contribution in [-0.2, 0) is 16.0 Å². The van der Waals surface area contributed by atoms with Gasteiger partial charge >= 0.3 is 0 Å². The Kier molecular flexibility index (Phi) is 4.57. The molecule has 0 unspecified atom stereocenters. The molecule has 2 heterocycles. The van der Waals surface area contributed by atoms with Gasteiger partial charge in [-0.2, -0.15) is 5.10 Å². The topological polar surface area (TPSA) is 104 Å². The van der Waals surface area contributed by atoms with Crippen molar-refractivity contribution in [1.82, 2.24) is 20.2 Å². The molecule has 0 aliphatic heterocycles. The van der Waals surface area contributed by atoms with E-state index in [0.29, 0.717) is 23.8 Å². The number of H-pyrrole nitrogens is 2. The van der Waals surface area contributed by atoms with Crippen molar-refractivity contribution in [3.05, 3.63) is 18.0 Å². The van der Waals surface area contributed by atoms with E-state index >= 15 is 0 Å². The molecule has 8 heteroatoms. The van der Waals surface area contributed by atoms with Crippen molar-refractivity contribution in [3.63, 3.8) is 0 Å². The molecule has 106 valence electrons. The van der Waals surface area contributed by atoms with Crippen LogP contribution in [0.2, 0.25) is 0 Å². The van der Waals surface area contributed by atoms with Gasteiger partial charge in [0.25, 0.3) is 0 Å². The molecule has 0 saturated carbocycles. The van der Waals surface area contributed by atoms with Crippen molar-refractivity contribution in [3.8, 4) is 11.5 Å². The van der Waals surface area contributed by atoms with Crippen molar-refractivity contribution in [2.24, 2.45) is 0 Å². The number of nitrogens with zero attached hydrogens (tertiary/aromatic N) is 2. The summed E-state index contributed by atoms with van der Waals surface area (Å²) in [6.45, 7) is 2.99. The number of carbonyl (C=O) groups excluding carboxylic acids is 2. The number of thioether (sulfide) groups is 1. The summed E-state index contributed by atoms with van der Waals surface area (Å²) in [7, 11) is 0. The molecule has 2 aromatic heterocycles. The van der Waals surface area contributed by atoms with Crippen molar-refractivity contribution >= 4 is 28.6 Å². The second-order valence-electron chi connectivity index (χ2n) is 4.19. The van der Waals surface area contributed by atoms with Gasteiger partial charge in [-0.1, -0.05) is 11.8 Å². The zero-order chi connectivity index (χ0) is 14.5. The standard InChI is InChI=1S/C12H15N5O2S/c1-7(18)15-10-5-9(3-4-20-8(2)19)11(16-10)12-13-6-14-17-12/h5-6,16H,3-4H2,1-2H3,(H,15,18)(H,13,14,17). The third-order valence-corrected chi connectivity index (χ3v) is 3.35. The number of nitrogens with one attached hydrogen (secondary N) is 3. The van der Waals surface area contributed by atoms with Crippen LogP contribution in [0.15, 0.2) is 12.4 Å². The maximum atomic E-state index is 11.1. The summed E-state index contributed by atoms with van der Waals surface area (Å²) in [5.74, 6) is 1.73. The second-order valence-corrected chi connectivity index (χ2v) is 5.46. The Labute approximate surface area is 120 Å². The first-order chi connectivity index (χ1) is 9.56. The maximum Gasteiger partial charge on any atom is 0.222 e. The van der Waals surface area contributed by atoms with E-state index in [9.17, 15) is 9.59 Å². The van der Waals surface area contributed by atoms with E-state index in [1.165, 1.54) is 25.0 Å². The van der Waals surface area contributed by atoms with Crippen LogP contribution in [0.4, 0.5) is 5.82 Å². The van der Waals surface area contributed by atoms with Crippen molar-refractivity contribution in [1.29, 1.82) is 0 Å². The van der Waals surface area contributed by atoms with Gasteiger partial charge in [0.1, 0.15) is 12.1 Å². The number of aromatic amines is 2. The average molecular weight is 293 g/mol. The lowest BCUT2D eigenvalue weighted by Gasteiger charge is -1.99. The smallest absolute Gasteiger partial charge is 0.222 e. The number of carbonyl (C=O) groups is 2. The lowest BCUT2D eigenvalue weighted by Crippen LogP contribution is -2.05. The van der Waals surface area contributed by atoms with E-state index in [1.807, 2.05) is 6.07 Å². The van der Waals surface area contributed by atoms with Gasteiger partial charge in [-0.3, -0.25) is 14.7 Å². The van der Waals surface area contributed by atoms with Gasteiger partial charge < -0.3 is 10.3 Å². The SMILES string of the molecule is CC(=O)Nc1cc(CCSC(C)=O)c(-c2ncn[nH]2)[nH]1. The summed E-state index contributed by atoms with van der Waals surface area (Å²) in [5.41, 5.74) is 1.75. The van der Waals surface area contributed by atoms with E-state index in [0.717, 1.165) is 11.3 Å². The molecule has 3 N–H and O–H groups in total. The molecule has 0 aliphatic carbocycles. The van der Waals surface area contributed by atoms with Gasteiger partial charge in [-0.25, -0.2) is 4.98 Å². The molecular weight excluding hydrogens is 278 g/mol. The predicted molar refractivity (Wildman–Crippen MR) is 77.3 cm³/mol. The minimum Gasteiger partial charge on any atom is -0.338 e. The number of amides is 1. The normalized spacial score (nSPS) is 10.5. The first-order valence-corrected chi connectivity index (χ1v) is 7.03. The van der Waals surface area contributed by atoms with Gasteiger partial charge in [0.2, 0.25) is 5.91 Å². The van der Waals surface area contributed by atoms with Crippen molar-refractivity contribution in [2.75, 3.05) is 11.1 Å². The molecule has 0 spiro atoms. The number of anilines is 1. The molecule has 0 radical (unpaired) electrons. The van der Waals surface area contributed by atoms with Crippen molar-refractivity contribution in [2.45, 2.75) is 20.3 Å². The number of hydrogen-bond donors (Lipinski definition) is 3. The Hall–Kier alpha value is -2.09. The quantitative estimate of drug-likeness (QED) is 0.776. The number of rotatable bonds is 5. The first-order valence-electron chi connectivity index (χ1n) is 6.05. The zero-order valence-electron chi connectivity index (χ0n) is 11.2. The fraction of sp³-hybridized carbons (Fsp3) is 0.333. The highest BCUT2D eigenvalue weighted by Gasteiger charge is 2.13. The van der Waals surface area contributed by atoms with Crippen molar-refractivity contribution < 1.29 is 9.59 Å². The number of aryl methyl sites for hydroxylation is 1. The van der Waals surface area contributed by atoms with E-state index < -0.39 is 0 Å². The lowest BCUT2D eigenvalue weighted by atomic mass is 10.2. The van der Waals surface area contributed by atoms with E-state index in [-0.39, 0.29) is 11.0 Å². The highest BCUT2D eigenvalue weighted by atomic mass is 32.2. The molecule has 0 bridgehead atoms. The third kappa shape index (κ3) is 3.70. The fourth-order valence-corrected chi connectivity index (χ4v) is 2.40. The fourth-order valence-electron chi connectivity index (χ4n) is 1.79. The molecule has 2 rings (SSSR count). The Bertz CT molecular complexity index is 605. The molecule has 0 atom stereocenters. The molecule has 20 heavy (non-hydrogen) atoms. The summed E-state index contributed by atoms with van der Waals surface area (Å²) in [5, 5.41) is 9.38. The van der Waals surface area contributed by atoms with Crippen LogP contribution in [0.1, 0.15) is 19.4 Å². The van der Waals surface area contributed by atoms with Gasteiger partial charge in [0, 0.05) is 19.6 Å². The zero-order valence-corrected chi connectivity index (χ0v) is 12.0. The third-order valence-electron chi connectivity index (χ3n) is 2.54. The predicted octanol–water partition coefficient (Wildman–Crippen LogP) is 1.58. The Morgan fingerprint density at radius 2 is 2.20 bits per heavy atom. The van der Waals surface area contributed by atoms with Crippen LogP contribution < -0.4 is 5.32 Å². The van der Waals surface area contributed by atoms with Crippen LogP contribution in [0.25, 0.3) is 11.5 Å². The Morgan fingerprint density at radius 3 is 2.80 bits per heavy atom. The minimum absolute atomic E-state index is 0.0869. The van der Waals surface area contributed by atoms with E-state index in [4.69, 9.17) is 0 Å². The number of hydrogen-bond acceptors (Lipinski definition) is 5. The molecule has 0 aliphatic rings. The summed E-state index contributed by atoms with van der Waals surface area (Å²) in [6, 6.07) is 1.85. The maximum absolute atomic E-state index is 11.1. The molecule has 1 amide bonds. The largest absolute Gasteiger partial charge is 0.338 e. The van der Waals surface area contributed by atoms with Gasteiger partial charge in [0.05, 0.1) is 5.69 Å². The highest BCUT2D eigenvalue weighted by Crippen LogP contribution is 2.24. The highest BCUT2D eigenvalue weighted by molar-refractivity contribution is 8.13. The molecule has 2 aromatic rings. The monoisotopic (exact) mass is 293 g/mol. The number of aromatic nitrogens is 4. The molecule has 0 saturated heterocycles. The second kappa shape index (κ2) is 6.38. The Balaban J connectivity index is 2.20. The first kappa shape index (κ1) is 14.3. The average Bonchev–Trinajstić information content (AvgIpc) is 2.96. The van der Waals surface area contributed by atoms with Crippen LogP contribution >= 0.6 is 11.8 Å². The van der Waals surface area contributed by atoms with Gasteiger partial charge in [-0.05, 0) is 18.1 Å². The molecule has 0 aromatic carbocycles. The summed E-state index contributed by atoms with van der Waals surface area (Å²) in [4.78, 5) is 29.3. The van der Waals surface area contributed by atoms with Crippen LogP contribution in [-0.4, -0.2) is 36.9 Å². The van der Waals surface area contributed by atoms with Crippen LogP contribution in [0.3, 0.4) is 0 Å².